The van der Waals surface area contributed by atoms with Crippen LogP contribution in [0.5, 0.6) is 5.75 Å². The predicted molar refractivity (Wildman–Crippen MR) is 103 cm³/mol. The standard InChI is InChI=1S/C20H30FN3O3/c1-20(2,3)27-19(25)24-14-15(8-9-18(24)21)26-17-7-5-4-6-16(17)23-12-10-22-11-13-23/h4-7,15,18,22H,8-14H2,1-3H3. The number of carbonyl (C=O) groups is 1. The Balaban J connectivity index is 1.68. The summed E-state index contributed by atoms with van der Waals surface area (Å²) in [4.78, 5) is 15.8. The fourth-order valence-corrected chi connectivity index (χ4v) is 3.41. The second-order valence-corrected chi connectivity index (χ2v) is 8.09. The van der Waals surface area contributed by atoms with Crippen molar-refractivity contribution in [2.24, 2.45) is 0 Å². The Labute approximate surface area is 160 Å². The summed E-state index contributed by atoms with van der Waals surface area (Å²) in [6.07, 6.45) is -1.40. The number of nitrogens with zero attached hydrogens (tertiary/aromatic N) is 2. The monoisotopic (exact) mass is 379 g/mol. The summed E-state index contributed by atoms with van der Waals surface area (Å²) >= 11 is 0. The first-order valence-electron chi connectivity index (χ1n) is 9.68. The number of rotatable bonds is 3. The van der Waals surface area contributed by atoms with Crippen molar-refractivity contribution in [3.05, 3.63) is 24.3 Å². The number of benzene rings is 1. The van der Waals surface area contributed by atoms with Crippen molar-refractivity contribution in [3.8, 4) is 5.75 Å². The number of likely N-dealkylation sites (tertiary alicyclic amines) is 1. The lowest BCUT2D eigenvalue weighted by Gasteiger charge is -2.37. The average Bonchev–Trinajstić information content (AvgIpc) is 2.63. The number of alkyl halides is 1. The van der Waals surface area contributed by atoms with Gasteiger partial charge in [-0.3, -0.25) is 4.90 Å². The summed E-state index contributed by atoms with van der Waals surface area (Å²) in [6.45, 7) is 9.23. The molecule has 2 aliphatic rings. The van der Waals surface area contributed by atoms with Crippen LogP contribution in [0.4, 0.5) is 14.9 Å². The molecule has 2 atom stereocenters. The zero-order valence-corrected chi connectivity index (χ0v) is 16.4. The first kappa shape index (κ1) is 19.7. The van der Waals surface area contributed by atoms with Crippen LogP contribution in [0.2, 0.25) is 0 Å². The lowest BCUT2D eigenvalue weighted by molar-refractivity contribution is -0.0364. The lowest BCUT2D eigenvalue weighted by atomic mass is 10.1. The van der Waals surface area contributed by atoms with E-state index in [9.17, 15) is 9.18 Å². The number of carbonyl (C=O) groups excluding carboxylic acids is 1. The van der Waals surface area contributed by atoms with E-state index >= 15 is 0 Å². The molecule has 0 radical (unpaired) electrons. The van der Waals surface area contributed by atoms with Gasteiger partial charge in [-0.2, -0.15) is 0 Å². The van der Waals surface area contributed by atoms with Gasteiger partial charge in [0.15, 0.2) is 6.30 Å². The van der Waals surface area contributed by atoms with Gasteiger partial charge >= 0.3 is 6.09 Å². The molecule has 7 heteroatoms. The Morgan fingerprint density at radius 3 is 2.59 bits per heavy atom. The first-order valence-corrected chi connectivity index (χ1v) is 9.68. The number of nitrogens with one attached hydrogen (secondary N) is 1. The third-order valence-corrected chi connectivity index (χ3v) is 4.71. The number of anilines is 1. The van der Waals surface area contributed by atoms with E-state index < -0.39 is 18.0 Å². The van der Waals surface area contributed by atoms with E-state index in [1.165, 1.54) is 0 Å². The Hall–Kier alpha value is -2.02. The molecule has 0 saturated carbocycles. The Bertz CT molecular complexity index is 644. The zero-order valence-electron chi connectivity index (χ0n) is 16.4. The van der Waals surface area contributed by atoms with Gasteiger partial charge in [0.1, 0.15) is 17.5 Å². The van der Waals surface area contributed by atoms with E-state index in [-0.39, 0.29) is 19.1 Å². The van der Waals surface area contributed by atoms with Crippen LogP contribution in [0.1, 0.15) is 33.6 Å². The van der Waals surface area contributed by atoms with Crippen LogP contribution in [0.25, 0.3) is 0 Å². The molecule has 2 unspecified atom stereocenters. The second-order valence-electron chi connectivity index (χ2n) is 8.09. The number of halogens is 1. The molecule has 6 nitrogen and oxygen atoms in total. The summed E-state index contributed by atoms with van der Waals surface area (Å²) in [7, 11) is 0. The molecule has 2 fully saturated rings. The SMILES string of the molecule is CC(C)(C)OC(=O)N1CC(Oc2ccccc2N2CCNCC2)CCC1F. The molecule has 1 aromatic rings. The third kappa shape index (κ3) is 5.25. The van der Waals surface area contributed by atoms with E-state index in [0.717, 1.165) is 42.5 Å². The fraction of sp³-hybridized carbons (Fsp3) is 0.650. The first-order chi connectivity index (χ1) is 12.8. The quantitative estimate of drug-likeness (QED) is 0.818. The van der Waals surface area contributed by atoms with Crippen molar-refractivity contribution in [2.75, 3.05) is 37.6 Å². The van der Waals surface area contributed by atoms with Crippen LogP contribution in [0.3, 0.4) is 0 Å². The topological polar surface area (TPSA) is 54.0 Å². The van der Waals surface area contributed by atoms with Gasteiger partial charge in [0, 0.05) is 32.6 Å². The Kier molecular flexibility index (Phi) is 6.09. The largest absolute Gasteiger partial charge is 0.486 e. The van der Waals surface area contributed by atoms with Gasteiger partial charge < -0.3 is 19.7 Å². The highest BCUT2D eigenvalue weighted by Gasteiger charge is 2.35. The van der Waals surface area contributed by atoms with E-state index in [4.69, 9.17) is 9.47 Å². The summed E-state index contributed by atoms with van der Waals surface area (Å²) in [5.74, 6) is 0.783. The molecule has 0 aromatic heterocycles. The minimum atomic E-state index is -1.33. The number of amides is 1. The molecule has 1 amide bonds. The maximum atomic E-state index is 14.3. The average molecular weight is 379 g/mol. The molecule has 1 N–H and O–H groups in total. The highest BCUT2D eigenvalue weighted by atomic mass is 19.1. The third-order valence-electron chi connectivity index (χ3n) is 4.71. The van der Waals surface area contributed by atoms with E-state index in [1.807, 2.05) is 24.3 Å². The summed E-state index contributed by atoms with van der Waals surface area (Å²) in [6, 6.07) is 7.92. The van der Waals surface area contributed by atoms with Crippen LogP contribution in [0.15, 0.2) is 24.3 Å². The van der Waals surface area contributed by atoms with Crippen molar-refractivity contribution in [2.45, 2.75) is 51.6 Å². The molecular formula is C20H30FN3O3. The molecule has 27 heavy (non-hydrogen) atoms. The van der Waals surface area contributed by atoms with E-state index in [2.05, 4.69) is 10.2 Å². The number of hydrogen-bond donors (Lipinski definition) is 1. The normalized spacial score (nSPS) is 23.9. The minimum absolute atomic E-state index is 0.186. The van der Waals surface area contributed by atoms with Crippen LogP contribution >= 0.6 is 0 Å². The minimum Gasteiger partial charge on any atom is -0.486 e. The predicted octanol–water partition coefficient (Wildman–Crippen LogP) is 3.17. The number of piperazine rings is 1. The van der Waals surface area contributed by atoms with Crippen LogP contribution < -0.4 is 15.0 Å². The molecular weight excluding hydrogens is 349 g/mol. The molecule has 2 aliphatic heterocycles. The van der Waals surface area contributed by atoms with Gasteiger partial charge in [0.05, 0.1) is 12.2 Å². The smallest absolute Gasteiger partial charge is 0.412 e. The molecule has 2 saturated heterocycles. The van der Waals surface area contributed by atoms with Gasteiger partial charge in [0.25, 0.3) is 0 Å². The van der Waals surface area contributed by atoms with Crippen molar-refractivity contribution in [1.82, 2.24) is 10.2 Å². The number of para-hydroxylation sites is 2. The Morgan fingerprint density at radius 2 is 1.89 bits per heavy atom. The number of hydrogen-bond acceptors (Lipinski definition) is 5. The molecule has 0 bridgehead atoms. The Morgan fingerprint density at radius 1 is 1.19 bits per heavy atom. The molecule has 0 spiro atoms. The van der Waals surface area contributed by atoms with Gasteiger partial charge in [-0.15, -0.1) is 0 Å². The molecule has 150 valence electrons. The van der Waals surface area contributed by atoms with Crippen molar-refractivity contribution >= 4 is 11.8 Å². The number of piperidine rings is 1. The van der Waals surface area contributed by atoms with Crippen molar-refractivity contribution in [1.29, 1.82) is 0 Å². The summed E-state index contributed by atoms with van der Waals surface area (Å²) in [5, 5.41) is 3.34. The van der Waals surface area contributed by atoms with Gasteiger partial charge in [-0.25, -0.2) is 9.18 Å². The molecule has 3 rings (SSSR count). The number of ether oxygens (including phenoxy) is 2. The fourth-order valence-electron chi connectivity index (χ4n) is 3.41. The highest BCUT2D eigenvalue weighted by molar-refractivity contribution is 5.68. The van der Waals surface area contributed by atoms with Crippen molar-refractivity contribution in [3.63, 3.8) is 0 Å². The van der Waals surface area contributed by atoms with Crippen LogP contribution in [-0.4, -0.2) is 61.7 Å². The summed E-state index contributed by atoms with van der Waals surface area (Å²) < 4.78 is 25.9. The maximum absolute atomic E-state index is 14.3. The van der Waals surface area contributed by atoms with E-state index in [1.54, 1.807) is 20.8 Å². The molecule has 0 aliphatic carbocycles. The maximum Gasteiger partial charge on any atom is 0.412 e. The second kappa shape index (κ2) is 8.33. The highest BCUT2D eigenvalue weighted by Crippen LogP contribution is 2.31. The molecule has 1 aromatic carbocycles. The summed E-state index contributed by atoms with van der Waals surface area (Å²) in [5.41, 5.74) is 0.393. The zero-order chi connectivity index (χ0) is 19.4. The van der Waals surface area contributed by atoms with Crippen molar-refractivity contribution < 1.29 is 18.7 Å². The lowest BCUT2D eigenvalue weighted by Crippen LogP contribution is -2.50. The van der Waals surface area contributed by atoms with Crippen LogP contribution in [0, 0.1) is 0 Å². The van der Waals surface area contributed by atoms with Gasteiger partial charge in [0.2, 0.25) is 0 Å². The molecule has 2 heterocycles. The van der Waals surface area contributed by atoms with Gasteiger partial charge in [-0.1, -0.05) is 12.1 Å². The van der Waals surface area contributed by atoms with E-state index in [0.29, 0.717) is 6.42 Å². The van der Waals surface area contributed by atoms with Crippen LogP contribution in [-0.2, 0) is 4.74 Å². The van der Waals surface area contributed by atoms with Gasteiger partial charge in [-0.05, 0) is 39.3 Å².